The summed E-state index contributed by atoms with van der Waals surface area (Å²) < 4.78 is 4.76. The molecule has 0 saturated heterocycles. The van der Waals surface area contributed by atoms with Gasteiger partial charge in [-0.1, -0.05) is 38.3 Å². The maximum absolute atomic E-state index is 11.6. The van der Waals surface area contributed by atoms with Gasteiger partial charge in [0, 0.05) is 6.04 Å². The normalized spacial score (nSPS) is 22.1. The third kappa shape index (κ3) is 4.13. The van der Waals surface area contributed by atoms with E-state index in [2.05, 4.69) is 19.2 Å². The van der Waals surface area contributed by atoms with Crippen LogP contribution in [0.1, 0.15) is 49.9 Å². The summed E-state index contributed by atoms with van der Waals surface area (Å²) in [6, 6.07) is 5.65. The third-order valence-corrected chi connectivity index (χ3v) is 4.73. The standard InChI is InChI=1S/C17H24ClNO2/c1-11(2)12-5-4-6-14(9-12)19-16-10-13(17(20)21-3)7-8-15(16)18/h7-8,10-12,14,19H,4-6,9H2,1-3H3. The van der Waals surface area contributed by atoms with E-state index in [0.29, 0.717) is 22.5 Å². The second-order valence-corrected chi connectivity index (χ2v) is 6.61. The average molecular weight is 310 g/mol. The van der Waals surface area contributed by atoms with Crippen LogP contribution < -0.4 is 5.32 Å². The molecule has 0 aliphatic heterocycles. The van der Waals surface area contributed by atoms with Crippen molar-refractivity contribution >= 4 is 23.3 Å². The summed E-state index contributed by atoms with van der Waals surface area (Å²) in [5.41, 5.74) is 1.36. The lowest BCUT2D eigenvalue weighted by molar-refractivity contribution is 0.0601. The number of carbonyl (C=O) groups is 1. The fourth-order valence-electron chi connectivity index (χ4n) is 3.06. The molecule has 4 heteroatoms. The number of hydrogen-bond acceptors (Lipinski definition) is 3. The van der Waals surface area contributed by atoms with Crippen LogP contribution in [-0.4, -0.2) is 19.1 Å². The molecule has 2 atom stereocenters. The lowest BCUT2D eigenvalue weighted by atomic mass is 9.79. The Morgan fingerprint density at radius 2 is 2.14 bits per heavy atom. The molecule has 0 radical (unpaired) electrons. The Kier molecular flexibility index (Phi) is 5.51. The molecule has 1 aliphatic rings. The zero-order valence-corrected chi connectivity index (χ0v) is 13.7. The zero-order chi connectivity index (χ0) is 15.4. The van der Waals surface area contributed by atoms with E-state index in [0.717, 1.165) is 24.4 Å². The van der Waals surface area contributed by atoms with E-state index < -0.39 is 0 Å². The molecule has 1 saturated carbocycles. The van der Waals surface area contributed by atoms with E-state index in [1.165, 1.54) is 20.0 Å². The highest BCUT2D eigenvalue weighted by atomic mass is 35.5. The fraction of sp³-hybridized carbons (Fsp3) is 0.588. The number of rotatable bonds is 4. The molecule has 1 N–H and O–H groups in total. The highest BCUT2D eigenvalue weighted by Gasteiger charge is 2.24. The van der Waals surface area contributed by atoms with Gasteiger partial charge in [0.15, 0.2) is 0 Å². The largest absolute Gasteiger partial charge is 0.465 e. The molecule has 1 aromatic rings. The highest BCUT2D eigenvalue weighted by molar-refractivity contribution is 6.33. The summed E-state index contributed by atoms with van der Waals surface area (Å²) in [4.78, 5) is 11.6. The molecule has 2 unspecified atom stereocenters. The van der Waals surface area contributed by atoms with E-state index in [4.69, 9.17) is 16.3 Å². The smallest absolute Gasteiger partial charge is 0.337 e. The molecule has 1 aliphatic carbocycles. The Labute approximate surface area is 132 Å². The number of anilines is 1. The minimum absolute atomic E-state index is 0.335. The first-order chi connectivity index (χ1) is 10.0. The first kappa shape index (κ1) is 16.2. The Balaban J connectivity index is 2.09. The predicted molar refractivity (Wildman–Crippen MR) is 87.0 cm³/mol. The number of nitrogens with one attached hydrogen (secondary N) is 1. The van der Waals surface area contributed by atoms with Crippen LogP contribution in [-0.2, 0) is 4.74 Å². The minimum Gasteiger partial charge on any atom is -0.465 e. The van der Waals surface area contributed by atoms with Gasteiger partial charge in [0.05, 0.1) is 23.4 Å². The second-order valence-electron chi connectivity index (χ2n) is 6.20. The lowest BCUT2D eigenvalue weighted by Gasteiger charge is -2.33. The molecule has 116 valence electrons. The summed E-state index contributed by atoms with van der Waals surface area (Å²) in [6.07, 6.45) is 4.87. The fourth-order valence-corrected chi connectivity index (χ4v) is 3.24. The van der Waals surface area contributed by atoms with Crippen LogP contribution in [0.5, 0.6) is 0 Å². The Bertz CT molecular complexity index is 502. The van der Waals surface area contributed by atoms with Gasteiger partial charge in [0.2, 0.25) is 0 Å². The molecule has 0 spiro atoms. The maximum Gasteiger partial charge on any atom is 0.337 e. The van der Waals surface area contributed by atoms with Crippen molar-refractivity contribution in [2.45, 2.75) is 45.6 Å². The number of ether oxygens (including phenoxy) is 1. The molecule has 0 heterocycles. The first-order valence-electron chi connectivity index (χ1n) is 7.65. The van der Waals surface area contributed by atoms with E-state index >= 15 is 0 Å². The monoisotopic (exact) mass is 309 g/mol. The van der Waals surface area contributed by atoms with E-state index in [9.17, 15) is 4.79 Å². The van der Waals surface area contributed by atoms with Crippen molar-refractivity contribution in [2.75, 3.05) is 12.4 Å². The molecule has 1 fully saturated rings. The minimum atomic E-state index is -0.335. The van der Waals surface area contributed by atoms with E-state index in [1.807, 2.05) is 0 Å². The number of esters is 1. The molecule has 2 rings (SSSR count). The molecule has 0 aromatic heterocycles. The summed E-state index contributed by atoms with van der Waals surface area (Å²) in [7, 11) is 1.39. The molecule has 0 amide bonds. The topological polar surface area (TPSA) is 38.3 Å². The van der Waals surface area contributed by atoms with Gasteiger partial charge >= 0.3 is 5.97 Å². The highest BCUT2D eigenvalue weighted by Crippen LogP contribution is 2.33. The molecule has 21 heavy (non-hydrogen) atoms. The Hall–Kier alpha value is -1.22. The summed E-state index contributed by atoms with van der Waals surface area (Å²) in [6.45, 7) is 4.58. The van der Waals surface area contributed by atoms with Gasteiger partial charge in [-0.15, -0.1) is 0 Å². The van der Waals surface area contributed by atoms with Crippen molar-refractivity contribution in [1.29, 1.82) is 0 Å². The third-order valence-electron chi connectivity index (χ3n) is 4.40. The van der Waals surface area contributed by atoms with Crippen molar-refractivity contribution < 1.29 is 9.53 Å². The number of benzene rings is 1. The number of carbonyl (C=O) groups excluding carboxylic acids is 1. The van der Waals surface area contributed by atoms with Crippen molar-refractivity contribution in [1.82, 2.24) is 0 Å². The molecule has 1 aromatic carbocycles. The zero-order valence-electron chi connectivity index (χ0n) is 13.0. The van der Waals surface area contributed by atoms with Gasteiger partial charge in [-0.3, -0.25) is 0 Å². The van der Waals surface area contributed by atoms with Gasteiger partial charge in [0.1, 0.15) is 0 Å². The Morgan fingerprint density at radius 1 is 1.38 bits per heavy atom. The summed E-state index contributed by atoms with van der Waals surface area (Å²) >= 11 is 6.25. The number of methoxy groups -OCH3 is 1. The molecular weight excluding hydrogens is 286 g/mol. The van der Waals surface area contributed by atoms with Crippen LogP contribution in [0.2, 0.25) is 5.02 Å². The van der Waals surface area contributed by atoms with E-state index in [-0.39, 0.29) is 5.97 Å². The van der Waals surface area contributed by atoms with Gasteiger partial charge < -0.3 is 10.1 Å². The van der Waals surface area contributed by atoms with E-state index in [1.54, 1.807) is 18.2 Å². The van der Waals surface area contributed by atoms with Gasteiger partial charge in [-0.05, 0) is 42.9 Å². The van der Waals surface area contributed by atoms with Crippen molar-refractivity contribution in [3.05, 3.63) is 28.8 Å². The van der Waals surface area contributed by atoms with Crippen molar-refractivity contribution in [2.24, 2.45) is 11.8 Å². The first-order valence-corrected chi connectivity index (χ1v) is 8.03. The second kappa shape index (κ2) is 7.17. The number of hydrogen-bond donors (Lipinski definition) is 1. The Morgan fingerprint density at radius 3 is 2.81 bits per heavy atom. The van der Waals surface area contributed by atoms with Gasteiger partial charge in [-0.25, -0.2) is 4.79 Å². The maximum atomic E-state index is 11.6. The SMILES string of the molecule is COC(=O)c1ccc(Cl)c(NC2CCCC(C(C)C)C2)c1. The number of halogens is 1. The average Bonchev–Trinajstić information content (AvgIpc) is 2.49. The lowest BCUT2D eigenvalue weighted by Crippen LogP contribution is -2.29. The molecular formula is C17H24ClNO2. The van der Waals surface area contributed by atoms with Crippen LogP contribution in [0.3, 0.4) is 0 Å². The summed E-state index contributed by atoms with van der Waals surface area (Å²) in [5.74, 6) is 1.14. The molecule has 0 bridgehead atoms. The summed E-state index contributed by atoms with van der Waals surface area (Å²) in [5, 5.41) is 4.16. The van der Waals surface area contributed by atoms with Crippen LogP contribution >= 0.6 is 11.6 Å². The van der Waals surface area contributed by atoms with Crippen molar-refractivity contribution in [3.63, 3.8) is 0 Å². The van der Waals surface area contributed by atoms with Gasteiger partial charge in [-0.2, -0.15) is 0 Å². The quantitative estimate of drug-likeness (QED) is 0.815. The van der Waals surface area contributed by atoms with Crippen LogP contribution in [0.15, 0.2) is 18.2 Å². The predicted octanol–water partition coefficient (Wildman–Crippen LogP) is 4.75. The van der Waals surface area contributed by atoms with Gasteiger partial charge in [0.25, 0.3) is 0 Å². The van der Waals surface area contributed by atoms with Crippen LogP contribution in [0.4, 0.5) is 5.69 Å². The molecule has 3 nitrogen and oxygen atoms in total. The van der Waals surface area contributed by atoms with Crippen molar-refractivity contribution in [3.8, 4) is 0 Å². The van der Waals surface area contributed by atoms with Crippen LogP contribution in [0, 0.1) is 11.8 Å². The van der Waals surface area contributed by atoms with Crippen LogP contribution in [0.25, 0.3) is 0 Å².